The van der Waals surface area contributed by atoms with Crippen LogP contribution in [0.15, 0.2) is 22.7 Å². The molecule has 118 valence electrons. The molecule has 1 rings (SSSR count). The molecule has 0 unspecified atom stereocenters. The molecule has 0 saturated carbocycles. The summed E-state index contributed by atoms with van der Waals surface area (Å²) in [5.41, 5.74) is -0.404. The highest BCUT2D eigenvalue weighted by Gasteiger charge is 2.35. The monoisotopic (exact) mass is 385 g/mol. The third kappa shape index (κ3) is 6.26. The molecule has 0 aromatic heterocycles. The van der Waals surface area contributed by atoms with Crippen LogP contribution < -0.4 is 0 Å². The molecule has 0 heterocycles. The molecule has 0 radical (unpaired) electrons. The third-order valence-corrected chi connectivity index (χ3v) is 3.30. The quantitative estimate of drug-likeness (QED) is 0.703. The van der Waals surface area contributed by atoms with E-state index < -0.39 is 24.0 Å². The number of hydrogen-bond acceptors (Lipinski definition) is 1. The minimum absolute atomic E-state index is 0.0197. The zero-order valence-electron chi connectivity index (χ0n) is 11.9. The summed E-state index contributed by atoms with van der Waals surface area (Å²) in [4.78, 5) is 13.2. The predicted octanol–water partition coefficient (Wildman–Crippen LogP) is 5.15. The molecule has 0 bridgehead atoms. The van der Waals surface area contributed by atoms with Crippen LogP contribution in [0.25, 0.3) is 0 Å². The van der Waals surface area contributed by atoms with Gasteiger partial charge in [0.2, 0.25) is 0 Å². The van der Waals surface area contributed by atoms with Crippen LogP contribution in [0.1, 0.15) is 31.1 Å². The highest BCUT2D eigenvalue weighted by atomic mass is 79.9. The Balaban J connectivity index is 3.12. The molecule has 7 heteroatoms. The summed E-state index contributed by atoms with van der Waals surface area (Å²) in [5.74, 6) is -0.728. The van der Waals surface area contributed by atoms with Gasteiger partial charge in [-0.15, -0.1) is 0 Å². The number of rotatable bonds is 3. The molecule has 1 aromatic rings. The smallest absolute Gasteiger partial charge is 0.329 e. The Labute approximate surface area is 135 Å². The van der Waals surface area contributed by atoms with Gasteiger partial charge < -0.3 is 4.90 Å². The molecular formula is C14H16BrClF3NO. The summed E-state index contributed by atoms with van der Waals surface area (Å²) < 4.78 is 38.7. The van der Waals surface area contributed by atoms with Gasteiger partial charge in [-0.1, -0.05) is 48.3 Å². The van der Waals surface area contributed by atoms with Crippen LogP contribution in [-0.4, -0.2) is 30.1 Å². The van der Waals surface area contributed by atoms with Gasteiger partial charge in [0.1, 0.15) is 6.54 Å². The largest absolute Gasteiger partial charge is 0.406 e. The summed E-state index contributed by atoms with van der Waals surface area (Å²) in [7, 11) is 0. The van der Waals surface area contributed by atoms with Gasteiger partial charge in [0, 0.05) is 11.0 Å². The lowest BCUT2D eigenvalue weighted by Gasteiger charge is -2.31. The maximum absolute atomic E-state index is 12.7. The first-order chi connectivity index (χ1) is 9.39. The topological polar surface area (TPSA) is 20.3 Å². The van der Waals surface area contributed by atoms with Gasteiger partial charge in [-0.05, 0) is 23.6 Å². The van der Waals surface area contributed by atoms with Gasteiger partial charge in [0.05, 0.1) is 10.6 Å². The molecule has 0 N–H and O–H groups in total. The van der Waals surface area contributed by atoms with Crippen molar-refractivity contribution in [1.29, 1.82) is 0 Å². The Morgan fingerprint density at radius 3 is 2.29 bits per heavy atom. The first-order valence-corrected chi connectivity index (χ1v) is 7.37. The lowest BCUT2D eigenvalue weighted by atomic mass is 9.95. The predicted molar refractivity (Wildman–Crippen MR) is 80.6 cm³/mol. The van der Waals surface area contributed by atoms with Crippen molar-refractivity contribution in [3.63, 3.8) is 0 Å². The molecule has 21 heavy (non-hydrogen) atoms. The first kappa shape index (κ1) is 18.3. The number of nitrogens with zero attached hydrogens (tertiary/aromatic N) is 1. The zero-order valence-corrected chi connectivity index (χ0v) is 14.2. The van der Waals surface area contributed by atoms with Crippen LogP contribution in [0, 0.1) is 5.41 Å². The highest BCUT2D eigenvalue weighted by molar-refractivity contribution is 9.10. The molecule has 0 spiro atoms. The summed E-state index contributed by atoms with van der Waals surface area (Å²) in [5, 5.41) is 0.129. The number of amides is 1. The maximum Gasteiger partial charge on any atom is 0.406 e. The minimum atomic E-state index is -4.46. The van der Waals surface area contributed by atoms with Gasteiger partial charge in [-0.3, -0.25) is 4.79 Å². The van der Waals surface area contributed by atoms with E-state index in [2.05, 4.69) is 15.9 Å². The van der Waals surface area contributed by atoms with Crippen molar-refractivity contribution in [2.45, 2.75) is 26.9 Å². The standard InChI is InChI=1S/C14H16BrClF3NO/c1-13(2,3)7-20(8-14(17,18)19)12(21)10-6-9(15)4-5-11(10)16/h4-6H,7-8H2,1-3H3. The lowest BCUT2D eigenvalue weighted by Crippen LogP contribution is -2.43. The van der Waals surface area contributed by atoms with Crippen LogP contribution in [0.3, 0.4) is 0 Å². The molecule has 0 aliphatic carbocycles. The summed E-state index contributed by atoms with van der Waals surface area (Å²) >= 11 is 9.11. The van der Waals surface area contributed by atoms with E-state index in [0.717, 1.165) is 4.90 Å². The number of alkyl halides is 3. The molecule has 0 saturated heterocycles. The van der Waals surface area contributed by atoms with Crippen LogP contribution in [0.4, 0.5) is 13.2 Å². The van der Waals surface area contributed by atoms with Gasteiger partial charge >= 0.3 is 6.18 Å². The number of hydrogen-bond donors (Lipinski definition) is 0. The summed E-state index contributed by atoms with van der Waals surface area (Å²) in [6.45, 7) is 3.99. The fraction of sp³-hybridized carbons (Fsp3) is 0.500. The van der Waals surface area contributed by atoms with Gasteiger partial charge in [-0.25, -0.2) is 0 Å². The van der Waals surface area contributed by atoms with Crippen molar-refractivity contribution < 1.29 is 18.0 Å². The Bertz CT molecular complexity index is 510. The molecule has 2 nitrogen and oxygen atoms in total. The Hall–Kier alpha value is -0.750. The van der Waals surface area contributed by atoms with Gasteiger partial charge in [-0.2, -0.15) is 13.2 Å². The van der Waals surface area contributed by atoms with Gasteiger partial charge in [0.25, 0.3) is 5.91 Å². The zero-order chi connectivity index (χ0) is 16.4. The summed E-state index contributed by atoms with van der Waals surface area (Å²) in [6, 6.07) is 4.52. The normalized spacial score (nSPS) is 12.4. The van der Waals surface area contributed by atoms with E-state index in [-0.39, 0.29) is 17.1 Å². The van der Waals surface area contributed by atoms with Crippen molar-refractivity contribution in [3.05, 3.63) is 33.3 Å². The SMILES string of the molecule is CC(C)(C)CN(CC(F)(F)F)C(=O)c1cc(Br)ccc1Cl. The van der Waals surface area contributed by atoms with E-state index in [9.17, 15) is 18.0 Å². The average molecular weight is 387 g/mol. The van der Waals surface area contributed by atoms with Crippen LogP contribution in [-0.2, 0) is 0 Å². The van der Waals surface area contributed by atoms with Crippen molar-refractivity contribution in [2.75, 3.05) is 13.1 Å². The molecule has 1 amide bonds. The Morgan fingerprint density at radius 2 is 1.81 bits per heavy atom. The van der Waals surface area contributed by atoms with Crippen molar-refractivity contribution >= 4 is 33.4 Å². The second-order valence-corrected chi connectivity index (χ2v) is 7.28. The van der Waals surface area contributed by atoms with E-state index in [4.69, 9.17) is 11.6 Å². The molecule has 0 fully saturated rings. The Morgan fingerprint density at radius 1 is 1.24 bits per heavy atom. The Kier molecular flexibility index (Phi) is 5.72. The van der Waals surface area contributed by atoms with E-state index in [1.165, 1.54) is 12.1 Å². The van der Waals surface area contributed by atoms with Crippen molar-refractivity contribution in [2.24, 2.45) is 5.41 Å². The van der Waals surface area contributed by atoms with Crippen molar-refractivity contribution in [3.8, 4) is 0 Å². The van der Waals surface area contributed by atoms with E-state index in [0.29, 0.717) is 4.47 Å². The number of carbonyl (C=O) groups excluding carboxylic acids is 1. The van der Waals surface area contributed by atoms with E-state index >= 15 is 0 Å². The minimum Gasteiger partial charge on any atom is -0.329 e. The van der Waals surface area contributed by atoms with Crippen LogP contribution in [0.2, 0.25) is 5.02 Å². The van der Waals surface area contributed by atoms with E-state index in [1.807, 2.05) is 0 Å². The molecule has 1 aromatic carbocycles. The molecular weight excluding hydrogens is 371 g/mol. The van der Waals surface area contributed by atoms with E-state index in [1.54, 1.807) is 26.8 Å². The molecule has 0 aliphatic heterocycles. The van der Waals surface area contributed by atoms with Crippen LogP contribution >= 0.6 is 27.5 Å². The molecule has 0 atom stereocenters. The van der Waals surface area contributed by atoms with Crippen molar-refractivity contribution in [1.82, 2.24) is 4.90 Å². The maximum atomic E-state index is 12.7. The fourth-order valence-corrected chi connectivity index (χ4v) is 2.38. The van der Waals surface area contributed by atoms with Crippen LogP contribution in [0.5, 0.6) is 0 Å². The number of carbonyl (C=O) groups is 1. The second kappa shape index (κ2) is 6.57. The lowest BCUT2D eigenvalue weighted by molar-refractivity contribution is -0.142. The first-order valence-electron chi connectivity index (χ1n) is 6.20. The molecule has 0 aliphatic rings. The second-order valence-electron chi connectivity index (χ2n) is 5.96. The number of benzene rings is 1. The third-order valence-electron chi connectivity index (χ3n) is 2.48. The highest BCUT2D eigenvalue weighted by Crippen LogP contribution is 2.27. The average Bonchev–Trinajstić information content (AvgIpc) is 2.27. The van der Waals surface area contributed by atoms with Gasteiger partial charge in [0.15, 0.2) is 0 Å². The number of halogens is 5. The summed E-state index contributed by atoms with van der Waals surface area (Å²) in [6.07, 6.45) is -4.46. The fourth-order valence-electron chi connectivity index (χ4n) is 1.82.